The summed E-state index contributed by atoms with van der Waals surface area (Å²) in [5.74, 6) is 6.50. The van der Waals surface area contributed by atoms with Crippen molar-refractivity contribution in [1.29, 1.82) is 5.26 Å². The first-order valence-electron chi connectivity index (χ1n) is 13.9. The SMILES string of the molecule is COc1cc(C(C)(C)C#N)ccc1NCC#Cc1cc2c(N[C@H]3CC[C@H](N(C)C)CC3)cccc2n1CC(F)(F)F. The molecule has 1 aliphatic carbocycles. The third kappa shape index (κ3) is 7.28. The van der Waals surface area contributed by atoms with E-state index >= 15 is 0 Å². The number of halogens is 3. The number of aromatic nitrogens is 1. The second-order valence-corrected chi connectivity index (χ2v) is 11.4. The first-order valence-corrected chi connectivity index (χ1v) is 13.9. The first-order chi connectivity index (χ1) is 19.4. The minimum atomic E-state index is -4.39. The first kappa shape index (κ1) is 30.1. The van der Waals surface area contributed by atoms with E-state index in [0.29, 0.717) is 28.7 Å². The Morgan fingerprint density at radius 3 is 2.41 bits per heavy atom. The molecule has 2 N–H and O–H groups in total. The molecular weight excluding hydrogens is 527 g/mol. The standard InChI is InChI=1S/C32H38F3N5O/c1-31(2,20-36)22-11-16-28(30(18-22)41-5)37-17-7-8-25-19-26-27(38-23-12-14-24(15-13-23)39(3)4)9-6-10-29(26)40(25)21-32(33,34)35/h6,9-11,16,18-19,23-24,37-38H,12-15,17,21H2,1-5H3/t23-,24-. The Hall–Kier alpha value is -3.82. The third-order valence-corrected chi connectivity index (χ3v) is 7.86. The number of anilines is 2. The Bertz CT molecular complexity index is 1460. The number of methoxy groups -OCH3 is 1. The van der Waals surface area contributed by atoms with Gasteiger partial charge >= 0.3 is 6.18 Å². The average Bonchev–Trinajstić information content (AvgIpc) is 3.27. The number of nitrogens with one attached hydrogen (secondary N) is 2. The summed E-state index contributed by atoms with van der Waals surface area (Å²) in [6, 6.07) is 15.8. The highest BCUT2D eigenvalue weighted by molar-refractivity contribution is 5.94. The fourth-order valence-corrected chi connectivity index (χ4v) is 5.38. The Kier molecular flexibility index (Phi) is 9.09. The smallest absolute Gasteiger partial charge is 0.406 e. The lowest BCUT2D eigenvalue weighted by Gasteiger charge is -2.33. The van der Waals surface area contributed by atoms with E-state index in [1.54, 1.807) is 25.3 Å². The Morgan fingerprint density at radius 1 is 1.05 bits per heavy atom. The molecule has 0 amide bonds. The molecule has 3 aromatic rings. The number of ether oxygens (including phenoxy) is 1. The number of benzene rings is 2. The number of hydrogen-bond donors (Lipinski definition) is 2. The van der Waals surface area contributed by atoms with Gasteiger partial charge in [-0.1, -0.05) is 18.1 Å². The largest absolute Gasteiger partial charge is 0.495 e. The van der Waals surface area contributed by atoms with Crippen LogP contribution >= 0.6 is 0 Å². The van der Waals surface area contributed by atoms with Crippen LogP contribution in [0.2, 0.25) is 0 Å². The van der Waals surface area contributed by atoms with E-state index in [0.717, 1.165) is 42.3 Å². The fourth-order valence-electron chi connectivity index (χ4n) is 5.38. The number of nitrogens with zero attached hydrogens (tertiary/aromatic N) is 3. The van der Waals surface area contributed by atoms with Crippen LogP contribution in [0.25, 0.3) is 10.9 Å². The van der Waals surface area contributed by atoms with Crippen molar-refractivity contribution in [3.63, 3.8) is 0 Å². The van der Waals surface area contributed by atoms with Crippen LogP contribution in [0, 0.1) is 23.2 Å². The molecule has 0 atom stereocenters. The molecule has 6 nitrogen and oxygen atoms in total. The lowest BCUT2D eigenvalue weighted by molar-refractivity contribution is -0.140. The molecule has 218 valence electrons. The van der Waals surface area contributed by atoms with Gasteiger partial charge in [-0.15, -0.1) is 0 Å². The number of fused-ring (bicyclic) bond motifs is 1. The molecule has 0 saturated heterocycles. The molecule has 41 heavy (non-hydrogen) atoms. The number of alkyl halides is 3. The van der Waals surface area contributed by atoms with Crippen molar-refractivity contribution >= 4 is 22.3 Å². The number of rotatable bonds is 8. The van der Waals surface area contributed by atoms with Crippen molar-refractivity contribution in [2.75, 3.05) is 38.4 Å². The Balaban J connectivity index is 1.56. The summed E-state index contributed by atoms with van der Waals surface area (Å²) in [6.07, 6.45) is -0.189. The van der Waals surface area contributed by atoms with Gasteiger partial charge in [0, 0.05) is 23.2 Å². The maximum absolute atomic E-state index is 13.6. The summed E-state index contributed by atoms with van der Waals surface area (Å²) in [5.41, 5.74) is 2.48. The van der Waals surface area contributed by atoms with E-state index in [2.05, 4.69) is 47.5 Å². The molecule has 9 heteroatoms. The van der Waals surface area contributed by atoms with Crippen molar-refractivity contribution in [3.05, 3.63) is 53.7 Å². The van der Waals surface area contributed by atoms with Gasteiger partial charge in [-0.2, -0.15) is 18.4 Å². The molecule has 2 aromatic carbocycles. The molecule has 0 radical (unpaired) electrons. The average molecular weight is 566 g/mol. The number of nitriles is 1. The molecule has 1 saturated carbocycles. The minimum absolute atomic E-state index is 0.200. The second-order valence-electron chi connectivity index (χ2n) is 11.4. The van der Waals surface area contributed by atoms with Gasteiger partial charge in [-0.25, -0.2) is 0 Å². The molecule has 4 rings (SSSR count). The van der Waals surface area contributed by atoms with Gasteiger partial charge in [0.05, 0.1) is 42.0 Å². The minimum Gasteiger partial charge on any atom is -0.495 e. The summed E-state index contributed by atoms with van der Waals surface area (Å²) in [6.45, 7) is 2.74. The van der Waals surface area contributed by atoms with E-state index in [-0.39, 0.29) is 12.6 Å². The lowest BCUT2D eigenvalue weighted by atomic mass is 9.86. The lowest BCUT2D eigenvalue weighted by Crippen LogP contribution is -2.36. The molecular formula is C32H38F3N5O. The zero-order valence-electron chi connectivity index (χ0n) is 24.3. The zero-order valence-corrected chi connectivity index (χ0v) is 24.3. The molecule has 1 heterocycles. The van der Waals surface area contributed by atoms with Gasteiger partial charge in [-0.05, 0) is 95.4 Å². The van der Waals surface area contributed by atoms with Gasteiger partial charge in [0.2, 0.25) is 0 Å². The fraction of sp³-hybridized carbons (Fsp3) is 0.469. The van der Waals surface area contributed by atoms with Crippen molar-refractivity contribution in [1.82, 2.24) is 9.47 Å². The van der Waals surface area contributed by atoms with Crippen LogP contribution in [0.1, 0.15) is 50.8 Å². The molecule has 0 aliphatic heterocycles. The summed E-state index contributed by atoms with van der Waals surface area (Å²) in [4.78, 5) is 2.26. The molecule has 1 aliphatic rings. The van der Waals surface area contributed by atoms with E-state index in [1.807, 2.05) is 38.1 Å². The summed E-state index contributed by atoms with van der Waals surface area (Å²) in [7, 11) is 5.75. The highest BCUT2D eigenvalue weighted by Gasteiger charge is 2.30. The van der Waals surface area contributed by atoms with Crippen molar-refractivity contribution in [2.24, 2.45) is 0 Å². The normalized spacial score (nSPS) is 17.6. The van der Waals surface area contributed by atoms with Crippen molar-refractivity contribution < 1.29 is 17.9 Å². The van der Waals surface area contributed by atoms with Crippen LogP contribution in [0.15, 0.2) is 42.5 Å². The van der Waals surface area contributed by atoms with Gasteiger partial charge < -0.3 is 24.8 Å². The van der Waals surface area contributed by atoms with Gasteiger partial charge in [0.1, 0.15) is 12.3 Å². The van der Waals surface area contributed by atoms with Crippen molar-refractivity contribution in [2.45, 2.75) is 69.8 Å². The summed E-state index contributed by atoms with van der Waals surface area (Å²) >= 11 is 0. The Morgan fingerprint density at radius 2 is 1.78 bits per heavy atom. The highest BCUT2D eigenvalue weighted by atomic mass is 19.4. The molecule has 1 fully saturated rings. The van der Waals surface area contributed by atoms with Crippen LogP contribution < -0.4 is 15.4 Å². The second kappa shape index (κ2) is 12.4. The predicted octanol–water partition coefficient (Wildman–Crippen LogP) is 6.76. The van der Waals surface area contributed by atoms with Crippen LogP contribution in [0.4, 0.5) is 24.5 Å². The number of hydrogen-bond acceptors (Lipinski definition) is 5. The topological polar surface area (TPSA) is 65.2 Å². The molecule has 0 spiro atoms. The van der Waals surface area contributed by atoms with Gasteiger partial charge in [0.25, 0.3) is 0 Å². The summed E-state index contributed by atoms with van der Waals surface area (Å²) < 4.78 is 47.5. The van der Waals surface area contributed by atoms with Crippen LogP contribution in [-0.2, 0) is 12.0 Å². The third-order valence-electron chi connectivity index (χ3n) is 7.86. The maximum Gasteiger partial charge on any atom is 0.406 e. The molecule has 0 unspecified atom stereocenters. The van der Waals surface area contributed by atoms with Gasteiger partial charge in [0.15, 0.2) is 0 Å². The van der Waals surface area contributed by atoms with Crippen molar-refractivity contribution in [3.8, 4) is 23.7 Å². The van der Waals surface area contributed by atoms with Gasteiger partial charge in [-0.3, -0.25) is 0 Å². The zero-order chi connectivity index (χ0) is 29.8. The Labute approximate surface area is 240 Å². The van der Waals surface area contributed by atoms with Crippen LogP contribution in [-0.4, -0.2) is 55.5 Å². The summed E-state index contributed by atoms with van der Waals surface area (Å²) in [5, 5.41) is 16.9. The quantitative estimate of drug-likeness (QED) is 0.296. The molecule has 0 bridgehead atoms. The maximum atomic E-state index is 13.6. The van der Waals surface area contributed by atoms with E-state index in [4.69, 9.17) is 4.74 Å². The molecule has 1 aromatic heterocycles. The van der Waals surface area contributed by atoms with E-state index in [9.17, 15) is 18.4 Å². The highest BCUT2D eigenvalue weighted by Crippen LogP contribution is 2.33. The monoisotopic (exact) mass is 565 g/mol. The van der Waals surface area contributed by atoms with Crippen LogP contribution in [0.3, 0.4) is 0 Å². The van der Waals surface area contributed by atoms with E-state index < -0.39 is 18.1 Å². The van der Waals surface area contributed by atoms with Crippen LogP contribution in [0.5, 0.6) is 5.75 Å². The van der Waals surface area contributed by atoms with E-state index in [1.165, 1.54) is 4.57 Å². The predicted molar refractivity (Wildman–Crippen MR) is 158 cm³/mol.